The first-order valence-electron chi connectivity index (χ1n) is 14.7. The van der Waals surface area contributed by atoms with Crippen LogP contribution in [0.25, 0.3) is 11.3 Å². The van der Waals surface area contributed by atoms with Crippen LogP contribution >= 0.6 is 0 Å². The fourth-order valence-electron chi connectivity index (χ4n) is 7.05. The fourth-order valence-corrected chi connectivity index (χ4v) is 7.05. The lowest BCUT2D eigenvalue weighted by molar-refractivity contribution is -0.140. The maximum atomic E-state index is 14.1. The number of nitrogens with zero attached hydrogens (tertiary/aromatic N) is 5. The molecular weight excluding hydrogens is 545 g/mol. The molecule has 42 heavy (non-hydrogen) atoms. The minimum Gasteiger partial charge on any atom is -0.477 e. The van der Waals surface area contributed by atoms with E-state index < -0.39 is 17.3 Å². The molecule has 2 fully saturated rings. The third kappa shape index (κ3) is 4.87. The average molecular weight is 581 g/mol. The van der Waals surface area contributed by atoms with Gasteiger partial charge in [0.1, 0.15) is 5.69 Å². The van der Waals surface area contributed by atoms with Crippen molar-refractivity contribution < 1.29 is 22.7 Å². The number of rotatable bonds is 6. The Morgan fingerprint density at radius 1 is 1.12 bits per heavy atom. The molecule has 3 aliphatic heterocycles. The van der Waals surface area contributed by atoms with Gasteiger partial charge >= 0.3 is 6.18 Å². The Bertz CT molecular complexity index is 1460. The molecule has 0 saturated carbocycles. The summed E-state index contributed by atoms with van der Waals surface area (Å²) < 4.78 is 47.4. The number of carbonyl (C=O) groups is 1. The molecule has 3 aliphatic rings. The summed E-state index contributed by atoms with van der Waals surface area (Å²) in [5.41, 5.74) is 1.42. The Balaban J connectivity index is 1.43. The van der Waals surface area contributed by atoms with Crippen LogP contribution in [-0.2, 0) is 11.6 Å². The number of fused-ring (bicyclic) bond motifs is 2. The first kappa shape index (κ1) is 28.4. The number of pyridine rings is 3. The molecule has 2 saturated heterocycles. The van der Waals surface area contributed by atoms with Crippen molar-refractivity contribution in [3.05, 3.63) is 65.7 Å². The highest BCUT2D eigenvalue weighted by atomic mass is 19.4. The molecule has 0 aromatic carbocycles. The normalized spacial score (nSPS) is 24.3. The number of nitrogens with one attached hydrogen (secondary N) is 1. The van der Waals surface area contributed by atoms with E-state index in [0.29, 0.717) is 62.0 Å². The third-order valence-electron chi connectivity index (χ3n) is 9.09. The van der Waals surface area contributed by atoms with E-state index in [0.717, 1.165) is 24.9 Å². The Morgan fingerprint density at radius 3 is 2.67 bits per heavy atom. The quantitative estimate of drug-likeness (QED) is 0.442. The molecule has 3 aromatic rings. The maximum absolute atomic E-state index is 14.1. The van der Waals surface area contributed by atoms with Gasteiger partial charge < -0.3 is 19.9 Å². The van der Waals surface area contributed by atoms with E-state index in [4.69, 9.17) is 9.72 Å². The van der Waals surface area contributed by atoms with Crippen LogP contribution in [0, 0.1) is 5.92 Å². The van der Waals surface area contributed by atoms with Crippen molar-refractivity contribution in [2.75, 3.05) is 44.2 Å². The number of hydrogen-bond acceptors (Lipinski definition) is 7. The molecule has 6 rings (SSSR count). The number of halogens is 3. The predicted octanol–water partition coefficient (Wildman–Crippen LogP) is 4.95. The molecule has 1 amide bonds. The number of amides is 1. The smallest absolute Gasteiger partial charge is 0.435 e. The van der Waals surface area contributed by atoms with Crippen LogP contribution in [0.2, 0.25) is 0 Å². The van der Waals surface area contributed by atoms with E-state index in [1.165, 1.54) is 12.3 Å². The number of alkyl halides is 3. The molecule has 1 N–H and O–H groups in total. The summed E-state index contributed by atoms with van der Waals surface area (Å²) >= 11 is 0. The molecule has 0 unspecified atom stereocenters. The second kappa shape index (κ2) is 11.2. The van der Waals surface area contributed by atoms with E-state index in [1.807, 2.05) is 41.0 Å². The topological polar surface area (TPSA) is 83.5 Å². The summed E-state index contributed by atoms with van der Waals surface area (Å²) in [6.07, 6.45) is 0.480. The number of hydrogen-bond donors (Lipinski definition) is 1. The van der Waals surface area contributed by atoms with Crippen molar-refractivity contribution in [1.82, 2.24) is 25.2 Å². The van der Waals surface area contributed by atoms with Crippen molar-refractivity contribution >= 4 is 11.6 Å². The monoisotopic (exact) mass is 580 g/mol. The molecule has 222 valence electrons. The van der Waals surface area contributed by atoms with Crippen molar-refractivity contribution in [3.63, 3.8) is 0 Å². The van der Waals surface area contributed by atoms with Crippen LogP contribution in [0.15, 0.2) is 48.8 Å². The van der Waals surface area contributed by atoms with Crippen LogP contribution in [0.4, 0.5) is 18.9 Å². The van der Waals surface area contributed by atoms with Gasteiger partial charge in [-0.05, 0) is 68.1 Å². The zero-order valence-electron chi connectivity index (χ0n) is 23.8. The third-order valence-corrected chi connectivity index (χ3v) is 9.09. The van der Waals surface area contributed by atoms with Gasteiger partial charge in [-0.2, -0.15) is 13.2 Å². The Morgan fingerprint density at radius 2 is 1.93 bits per heavy atom. The van der Waals surface area contributed by atoms with Crippen LogP contribution in [0.3, 0.4) is 0 Å². The first-order chi connectivity index (χ1) is 20.3. The molecular formula is C31H35F3N6O2. The molecule has 0 aliphatic carbocycles. The zero-order chi connectivity index (χ0) is 29.5. The predicted molar refractivity (Wildman–Crippen MR) is 152 cm³/mol. The van der Waals surface area contributed by atoms with E-state index in [1.54, 1.807) is 12.3 Å². The van der Waals surface area contributed by atoms with Crippen molar-refractivity contribution in [3.8, 4) is 17.1 Å². The van der Waals surface area contributed by atoms with Crippen molar-refractivity contribution in [2.24, 2.45) is 5.92 Å². The number of carbonyl (C=O) groups excluding carboxylic acids is 1. The van der Waals surface area contributed by atoms with Gasteiger partial charge in [0, 0.05) is 50.0 Å². The number of aromatic nitrogens is 3. The number of ether oxygens (including phenoxy) is 1. The Labute approximate surface area is 243 Å². The Hall–Kier alpha value is -3.73. The van der Waals surface area contributed by atoms with Crippen LogP contribution < -0.4 is 15.0 Å². The summed E-state index contributed by atoms with van der Waals surface area (Å²) in [7, 11) is 0. The van der Waals surface area contributed by atoms with Gasteiger partial charge in [-0.1, -0.05) is 19.4 Å². The van der Waals surface area contributed by atoms with Crippen LogP contribution in [-0.4, -0.2) is 71.1 Å². The highest BCUT2D eigenvalue weighted by Gasteiger charge is 2.52. The van der Waals surface area contributed by atoms with Gasteiger partial charge in [0.05, 0.1) is 23.6 Å². The van der Waals surface area contributed by atoms with E-state index >= 15 is 0 Å². The van der Waals surface area contributed by atoms with Crippen LogP contribution in [0.5, 0.6) is 5.88 Å². The zero-order valence-corrected chi connectivity index (χ0v) is 23.8. The van der Waals surface area contributed by atoms with Gasteiger partial charge in [0.25, 0.3) is 5.91 Å². The van der Waals surface area contributed by atoms with Crippen molar-refractivity contribution in [1.29, 1.82) is 0 Å². The first-order valence-corrected chi connectivity index (χ1v) is 14.7. The molecule has 0 radical (unpaired) electrons. The van der Waals surface area contributed by atoms with Gasteiger partial charge in [-0.3, -0.25) is 4.79 Å². The van der Waals surface area contributed by atoms with E-state index in [2.05, 4.69) is 22.2 Å². The summed E-state index contributed by atoms with van der Waals surface area (Å²) in [6.45, 7) is 7.31. The van der Waals surface area contributed by atoms with E-state index in [9.17, 15) is 18.0 Å². The maximum Gasteiger partial charge on any atom is 0.435 e. The summed E-state index contributed by atoms with van der Waals surface area (Å²) in [5.74, 6) is 0.345. The largest absolute Gasteiger partial charge is 0.477 e. The lowest BCUT2D eigenvalue weighted by Crippen LogP contribution is -2.61. The second-order valence-corrected chi connectivity index (χ2v) is 11.3. The van der Waals surface area contributed by atoms with Gasteiger partial charge in [-0.15, -0.1) is 0 Å². The molecule has 0 bridgehead atoms. The average Bonchev–Trinajstić information content (AvgIpc) is 3.54. The standard InChI is InChI=1S/C31H35F3N6O2/c1-3-20-18-39(25-8-6-13-36-27(25)31(32,33)34)16-12-30(20)19-40(21-11-15-35-17-21)29(41)26-23(30)9-10-24(38-26)22-7-5-14-37-28(22)42-4-2/h5-10,13-14,20-21,35H,3-4,11-12,15-19H2,1-2H3/t20-,21+,30+/m1/s1. The molecule has 3 aromatic heterocycles. The minimum absolute atomic E-state index is 0.0127. The highest BCUT2D eigenvalue weighted by molar-refractivity contribution is 5.96. The molecule has 3 atom stereocenters. The van der Waals surface area contributed by atoms with E-state index in [-0.39, 0.29) is 23.6 Å². The van der Waals surface area contributed by atoms with Gasteiger partial charge in [-0.25, -0.2) is 15.0 Å². The fraction of sp³-hybridized carbons (Fsp3) is 0.484. The van der Waals surface area contributed by atoms with Gasteiger partial charge in [0.15, 0.2) is 5.69 Å². The molecule has 1 spiro atoms. The Kier molecular flexibility index (Phi) is 7.55. The number of piperidine rings is 1. The minimum atomic E-state index is -4.55. The van der Waals surface area contributed by atoms with Crippen LogP contribution in [0.1, 0.15) is 54.9 Å². The lowest BCUT2D eigenvalue weighted by atomic mass is 9.62. The van der Waals surface area contributed by atoms with Crippen molar-refractivity contribution in [2.45, 2.75) is 50.7 Å². The SMILES string of the molecule is CCOc1ncccc1-c1ccc2c(n1)C(=O)N([C@H]1CCNC1)C[C@]21CCN(c2cccnc2C(F)(F)F)C[C@H]1CC. The molecule has 6 heterocycles. The lowest BCUT2D eigenvalue weighted by Gasteiger charge is -2.54. The molecule has 11 heteroatoms. The van der Waals surface area contributed by atoms with Gasteiger partial charge in [0.2, 0.25) is 5.88 Å². The summed E-state index contributed by atoms with van der Waals surface area (Å²) in [4.78, 5) is 30.9. The summed E-state index contributed by atoms with van der Waals surface area (Å²) in [6, 6.07) is 10.7. The molecule has 8 nitrogen and oxygen atoms in total. The summed E-state index contributed by atoms with van der Waals surface area (Å²) in [5, 5.41) is 3.38. The second-order valence-electron chi connectivity index (χ2n) is 11.3. The number of anilines is 1. The highest BCUT2D eigenvalue weighted by Crippen LogP contribution is 2.49.